The van der Waals surface area contributed by atoms with Crippen molar-refractivity contribution in [1.82, 2.24) is 10.3 Å². The van der Waals surface area contributed by atoms with E-state index >= 15 is 0 Å². The second-order valence-corrected chi connectivity index (χ2v) is 4.74. The highest BCUT2D eigenvalue weighted by Gasteiger charge is 2.17. The van der Waals surface area contributed by atoms with Crippen molar-refractivity contribution < 1.29 is 23.5 Å². The number of methoxy groups -OCH3 is 1. The van der Waals surface area contributed by atoms with Gasteiger partial charge in [0.1, 0.15) is 12.4 Å². The van der Waals surface area contributed by atoms with E-state index in [1.54, 1.807) is 6.92 Å². The number of benzene rings is 1. The molecule has 23 heavy (non-hydrogen) atoms. The van der Waals surface area contributed by atoms with Crippen LogP contribution >= 0.6 is 0 Å². The molecule has 0 fully saturated rings. The summed E-state index contributed by atoms with van der Waals surface area (Å²) in [4.78, 5) is 27.0. The first kappa shape index (κ1) is 16.5. The van der Waals surface area contributed by atoms with Gasteiger partial charge in [0.05, 0.1) is 7.11 Å². The zero-order chi connectivity index (χ0) is 16.7. The van der Waals surface area contributed by atoms with E-state index in [4.69, 9.17) is 9.15 Å². The molecule has 0 spiro atoms. The maximum absolute atomic E-state index is 11.6. The zero-order valence-electron chi connectivity index (χ0n) is 13.0. The maximum atomic E-state index is 11.6. The number of nitrogens with one attached hydrogen (secondary N) is 1. The smallest absolute Gasteiger partial charge is 0.407 e. The van der Waals surface area contributed by atoms with Crippen LogP contribution in [0.25, 0.3) is 0 Å². The SMILES string of the molecule is COC(=O)c1nc(CCNC(=O)OCc2ccccc2)oc1C. The molecule has 0 aliphatic carbocycles. The number of carbonyl (C=O) groups excluding carboxylic acids is 2. The largest absolute Gasteiger partial charge is 0.464 e. The van der Waals surface area contributed by atoms with Crippen LogP contribution in [0.15, 0.2) is 34.7 Å². The minimum atomic E-state index is -0.548. The van der Waals surface area contributed by atoms with E-state index in [0.717, 1.165) is 5.56 Å². The Bertz CT molecular complexity index is 666. The molecule has 0 atom stereocenters. The fourth-order valence-electron chi connectivity index (χ4n) is 1.89. The Balaban J connectivity index is 1.74. The summed E-state index contributed by atoms with van der Waals surface area (Å²) in [6, 6.07) is 9.39. The number of carbonyl (C=O) groups is 2. The van der Waals surface area contributed by atoms with Gasteiger partial charge in [-0.25, -0.2) is 14.6 Å². The third kappa shape index (κ3) is 4.84. The molecule has 1 aromatic heterocycles. The third-order valence-corrected chi connectivity index (χ3v) is 3.04. The summed E-state index contributed by atoms with van der Waals surface area (Å²) in [5.41, 5.74) is 1.06. The van der Waals surface area contributed by atoms with Crippen molar-refractivity contribution in [2.24, 2.45) is 0 Å². The molecule has 122 valence electrons. The van der Waals surface area contributed by atoms with Crippen LogP contribution in [0.3, 0.4) is 0 Å². The zero-order valence-corrected chi connectivity index (χ0v) is 13.0. The average molecular weight is 318 g/mol. The molecule has 2 aromatic rings. The first-order valence-corrected chi connectivity index (χ1v) is 7.09. The van der Waals surface area contributed by atoms with Crippen molar-refractivity contribution in [3.8, 4) is 0 Å². The highest BCUT2D eigenvalue weighted by Crippen LogP contribution is 2.11. The van der Waals surface area contributed by atoms with Crippen LogP contribution in [0.1, 0.15) is 27.7 Å². The molecule has 1 aromatic carbocycles. The number of rotatable bonds is 6. The number of aryl methyl sites for hydroxylation is 1. The number of esters is 1. The predicted molar refractivity (Wildman–Crippen MR) is 80.9 cm³/mol. The van der Waals surface area contributed by atoms with E-state index in [-0.39, 0.29) is 18.8 Å². The molecular formula is C16H18N2O5. The number of aromatic nitrogens is 1. The molecule has 1 amide bonds. The van der Waals surface area contributed by atoms with Crippen molar-refractivity contribution in [3.05, 3.63) is 53.2 Å². The summed E-state index contributed by atoms with van der Waals surface area (Å²) in [5, 5.41) is 2.60. The maximum Gasteiger partial charge on any atom is 0.407 e. The molecule has 0 saturated heterocycles. The van der Waals surface area contributed by atoms with Crippen molar-refractivity contribution in [3.63, 3.8) is 0 Å². The Labute approximate surface area is 133 Å². The molecule has 0 unspecified atom stereocenters. The molecule has 0 bridgehead atoms. The summed E-state index contributed by atoms with van der Waals surface area (Å²) >= 11 is 0. The van der Waals surface area contributed by atoms with Gasteiger partial charge in [0.2, 0.25) is 0 Å². The number of hydrogen-bond donors (Lipinski definition) is 1. The van der Waals surface area contributed by atoms with E-state index < -0.39 is 12.1 Å². The van der Waals surface area contributed by atoms with Crippen LogP contribution in [0.2, 0.25) is 0 Å². The van der Waals surface area contributed by atoms with Crippen molar-refractivity contribution in [2.45, 2.75) is 20.0 Å². The molecule has 7 heteroatoms. The number of hydrogen-bond acceptors (Lipinski definition) is 6. The van der Waals surface area contributed by atoms with Crippen LogP contribution in [0.4, 0.5) is 4.79 Å². The summed E-state index contributed by atoms with van der Waals surface area (Å²) in [5.74, 6) is 0.192. The first-order chi connectivity index (χ1) is 11.1. The molecule has 1 heterocycles. The lowest BCUT2D eigenvalue weighted by molar-refractivity contribution is 0.0592. The average Bonchev–Trinajstić information content (AvgIpc) is 2.94. The standard InChI is InChI=1S/C16H18N2O5/c1-11-14(15(19)21-2)18-13(23-11)8-9-17-16(20)22-10-12-6-4-3-5-7-12/h3-7H,8-10H2,1-2H3,(H,17,20). The number of alkyl carbamates (subject to hydrolysis) is 1. The highest BCUT2D eigenvalue weighted by molar-refractivity contribution is 5.88. The number of amides is 1. The molecule has 1 N–H and O–H groups in total. The van der Waals surface area contributed by atoms with Crippen LogP contribution in [0, 0.1) is 6.92 Å². The Kier molecular flexibility index (Phi) is 5.74. The van der Waals surface area contributed by atoms with Crippen LogP contribution < -0.4 is 5.32 Å². The Morgan fingerprint density at radius 2 is 2.00 bits per heavy atom. The molecule has 0 aliphatic rings. The van der Waals surface area contributed by atoms with Crippen molar-refractivity contribution in [2.75, 3.05) is 13.7 Å². The Hall–Kier alpha value is -2.83. The van der Waals surface area contributed by atoms with Gasteiger partial charge in [0.25, 0.3) is 0 Å². The number of oxazole rings is 1. The molecule has 0 saturated carbocycles. The summed E-state index contributed by atoms with van der Waals surface area (Å²) in [7, 11) is 1.28. The monoisotopic (exact) mass is 318 g/mol. The van der Waals surface area contributed by atoms with Crippen molar-refractivity contribution >= 4 is 12.1 Å². The van der Waals surface area contributed by atoms with E-state index in [1.807, 2.05) is 30.3 Å². The fourth-order valence-corrected chi connectivity index (χ4v) is 1.89. The second-order valence-electron chi connectivity index (χ2n) is 4.74. The lowest BCUT2D eigenvalue weighted by atomic mass is 10.2. The summed E-state index contributed by atoms with van der Waals surface area (Å²) in [6.07, 6.45) is -0.177. The molecule has 7 nitrogen and oxygen atoms in total. The highest BCUT2D eigenvalue weighted by atomic mass is 16.5. The van der Waals surface area contributed by atoms with Gasteiger partial charge in [-0.3, -0.25) is 0 Å². The van der Waals surface area contributed by atoms with E-state index in [9.17, 15) is 9.59 Å². The minimum Gasteiger partial charge on any atom is -0.464 e. The van der Waals surface area contributed by atoms with Gasteiger partial charge in [-0.15, -0.1) is 0 Å². The molecular weight excluding hydrogens is 300 g/mol. The van der Waals surface area contributed by atoms with Gasteiger partial charge in [0.15, 0.2) is 11.6 Å². The summed E-state index contributed by atoms with van der Waals surface area (Å²) < 4.78 is 15.0. The lowest BCUT2D eigenvalue weighted by Gasteiger charge is -2.05. The number of ether oxygens (including phenoxy) is 2. The predicted octanol–water partition coefficient (Wildman–Crippen LogP) is 2.24. The normalized spacial score (nSPS) is 10.2. The van der Waals surface area contributed by atoms with Crippen molar-refractivity contribution in [1.29, 1.82) is 0 Å². The summed E-state index contributed by atoms with van der Waals surface area (Å²) in [6.45, 7) is 2.12. The van der Waals surface area contributed by atoms with Gasteiger partial charge in [-0.05, 0) is 12.5 Å². The molecule has 0 radical (unpaired) electrons. The fraction of sp³-hybridized carbons (Fsp3) is 0.312. The topological polar surface area (TPSA) is 90.7 Å². The Morgan fingerprint density at radius 3 is 2.70 bits per heavy atom. The van der Waals surface area contributed by atoms with Gasteiger partial charge in [0, 0.05) is 13.0 Å². The first-order valence-electron chi connectivity index (χ1n) is 7.09. The second kappa shape index (κ2) is 7.98. The minimum absolute atomic E-state index is 0.147. The van der Waals surface area contributed by atoms with Crippen LogP contribution in [-0.4, -0.2) is 30.7 Å². The van der Waals surface area contributed by atoms with Crippen LogP contribution in [-0.2, 0) is 22.5 Å². The van der Waals surface area contributed by atoms with Gasteiger partial charge >= 0.3 is 12.1 Å². The van der Waals surface area contributed by atoms with E-state index in [0.29, 0.717) is 18.1 Å². The van der Waals surface area contributed by atoms with E-state index in [1.165, 1.54) is 7.11 Å². The van der Waals surface area contributed by atoms with Gasteiger partial charge < -0.3 is 19.2 Å². The molecule has 2 rings (SSSR count). The Morgan fingerprint density at radius 1 is 1.26 bits per heavy atom. The quantitative estimate of drug-likeness (QED) is 0.821. The number of nitrogens with zero attached hydrogens (tertiary/aromatic N) is 1. The molecule has 0 aliphatic heterocycles. The van der Waals surface area contributed by atoms with E-state index in [2.05, 4.69) is 15.0 Å². The third-order valence-electron chi connectivity index (χ3n) is 3.04. The van der Waals surface area contributed by atoms with Gasteiger partial charge in [-0.2, -0.15) is 0 Å². The van der Waals surface area contributed by atoms with Crippen LogP contribution in [0.5, 0.6) is 0 Å². The lowest BCUT2D eigenvalue weighted by Crippen LogP contribution is -2.26. The van der Waals surface area contributed by atoms with Gasteiger partial charge in [-0.1, -0.05) is 30.3 Å².